The molecule has 0 spiro atoms. The zero-order valence-electron chi connectivity index (χ0n) is 13.1. The van der Waals surface area contributed by atoms with Gasteiger partial charge in [-0.1, -0.05) is 83.8 Å². The predicted octanol–water partition coefficient (Wildman–Crippen LogP) is 5.82. The van der Waals surface area contributed by atoms with Gasteiger partial charge >= 0.3 is 0 Å². The Morgan fingerprint density at radius 3 is 1.79 bits per heavy atom. The van der Waals surface area contributed by atoms with Gasteiger partial charge < -0.3 is 5.11 Å². The monoisotopic (exact) mass is 267 g/mol. The zero-order chi connectivity index (χ0) is 14.2. The van der Waals surface area contributed by atoms with Crippen molar-refractivity contribution in [1.82, 2.24) is 0 Å². The Balaban J connectivity index is 3.09. The van der Waals surface area contributed by atoms with Crippen LogP contribution in [0, 0.1) is 6.58 Å². The number of unbranched alkanes of at least 4 members (excludes halogenated alkanes) is 10. The van der Waals surface area contributed by atoms with E-state index in [1.54, 1.807) is 6.08 Å². The molecule has 0 aliphatic carbocycles. The van der Waals surface area contributed by atoms with Crippen molar-refractivity contribution in [3.05, 3.63) is 12.7 Å². The molecule has 1 nitrogen and oxygen atoms in total. The molecule has 0 aromatic rings. The molecule has 1 atom stereocenters. The average molecular weight is 267 g/mol. The van der Waals surface area contributed by atoms with E-state index in [1.165, 1.54) is 70.6 Å². The standard InChI is InChI=1S/C18H35O/c1-3-5-7-9-10-11-12-13-15-17-18(19)16-14-8-6-4-2/h1,3,18-19H,4-17H2,2H3. The number of aliphatic hydroxyl groups excluding tert-OH is 1. The minimum absolute atomic E-state index is 0.0445. The second kappa shape index (κ2) is 15.8. The number of allylic oxidation sites excluding steroid dienone is 1. The zero-order valence-corrected chi connectivity index (χ0v) is 13.1. The summed E-state index contributed by atoms with van der Waals surface area (Å²) in [7, 11) is 0. The lowest BCUT2D eigenvalue weighted by molar-refractivity contribution is 0.147. The van der Waals surface area contributed by atoms with Crippen LogP contribution in [0.4, 0.5) is 0 Å². The van der Waals surface area contributed by atoms with Crippen LogP contribution in [0.25, 0.3) is 0 Å². The molecule has 1 unspecified atom stereocenters. The summed E-state index contributed by atoms with van der Waals surface area (Å²) in [6.07, 6.45) is 18.9. The molecular weight excluding hydrogens is 232 g/mol. The van der Waals surface area contributed by atoms with Crippen molar-refractivity contribution in [3.8, 4) is 0 Å². The lowest BCUT2D eigenvalue weighted by Gasteiger charge is -2.10. The topological polar surface area (TPSA) is 20.2 Å². The number of hydrogen-bond acceptors (Lipinski definition) is 1. The lowest BCUT2D eigenvalue weighted by atomic mass is 10.0. The lowest BCUT2D eigenvalue weighted by Crippen LogP contribution is -2.05. The van der Waals surface area contributed by atoms with E-state index in [1.807, 2.05) is 0 Å². The highest BCUT2D eigenvalue weighted by Crippen LogP contribution is 2.13. The molecule has 1 radical (unpaired) electrons. The summed E-state index contributed by atoms with van der Waals surface area (Å²) in [5, 5.41) is 9.83. The van der Waals surface area contributed by atoms with Gasteiger partial charge in [-0.05, 0) is 25.7 Å². The Bertz CT molecular complexity index is 177. The van der Waals surface area contributed by atoms with Crippen LogP contribution in [0.1, 0.15) is 96.8 Å². The first-order chi connectivity index (χ1) is 9.31. The van der Waals surface area contributed by atoms with Crippen LogP contribution >= 0.6 is 0 Å². The molecule has 0 fully saturated rings. The maximum absolute atomic E-state index is 9.83. The highest BCUT2D eigenvalue weighted by molar-refractivity contribution is 4.61. The van der Waals surface area contributed by atoms with Crippen LogP contribution in [0.5, 0.6) is 0 Å². The van der Waals surface area contributed by atoms with Crippen LogP contribution in [0.3, 0.4) is 0 Å². The van der Waals surface area contributed by atoms with Gasteiger partial charge in [-0.2, -0.15) is 0 Å². The van der Waals surface area contributed by atoms with Crippen molar-refractivity contribution in [1.29, 1.82) is 0 Å². The van der Waals surface area contributed by atoms with Crippen LogP contribution in [0.2, 0.25) is 0 Å². The molecule has 0 aliphatic heterocycles. The average Bonchev–Trinajstić information content (AvgIpc) is 2.42. The molecule has 0 amide bonds. The van der Waals surface area contributed by atoms with E-state index in [0.717, 1.165) is 19.3 Å². The molecule has 0 aromatic heterocycles. The van der Waals surface area contributed by atoms with E-state index >= 15 is 0 Å². The maximum Gasteiger partial charge on any atom is 0.0540 e. The third kappa shape index (κ3) is 15.6. The second-order valence-corrected chi connectivity index (χ2v) is 5.79. The Hall–Kier alpha value is -0.300. The normalized spacial score (nSPS) is 12.5. The molecule has 113 valence electrons. The predicted molar refractivity (Wildman–Crippen MR) is 85.2 cm³/mol. The third-order valence-electron chi connectivity index (χ3n) is 3.80. The van der Waals surface area contributed by atoms with Gasteiger partial charge in [0.25, 0.3) is 0 Å². The van der Waals surface area contributed by atoms with Crippen molar-refractivity contribution < 1.29 is 5.11 Å². The number of aliphatic hydroxyl groups is 1. The molecule has 1 heteroatoms. The van der Waals surface area contributed by atoms with Gasteiger partial charge in [0.05, 0.1) is 6.10 Å². The molecular formula is C18H35O. The largest absolute Gasteiger partial charge is 0.393 e. The van der Waals surface area contributed by atoms with Crippen LogP contribution in [-0.4, -0.2) is 11.2 Å². The highest BCUT2D eigenvalue weighted by Gasteiger charge is 2.03. The molecule has 0 aliphatic rings. The SMILES string of the molecule is [CH]=CCCCCCCCCCC(O)CCCCCC. The van der Waals surface area contributed by atoms with Crippen molar-refractivity contribution in [2.45, 2.75) is 103 Å². The summed E-state index contributed by atoms with van der Waals surface area (Å²) in [5.74, 6) is 0. The maximum atomic E-state index is 9.83. The minimum Gasteiger partial charge on any atom is -0.393 e. The number of rotatable bonds is 15. The summed E-state index contributed by atoms with van der Waals surface area (Å²) in [6.45, 7) is 7.57. The molecule has 0 bridgehead atoms. The third-order valence-corrected chi connectivity index (χ3v) is 3.80. The van der Waals surface area contributed by atoms with E-state index in [9.17, 15) is 5.11 Å². The molecule has 0 aromatic carbocycles. The van der Waals surface area contributed by atoms with Gasteiger partial charge in [0, 0.05) is 0 Å². The molecule has 0 saturated carbocycles. The van der Waals surface area contributed by atoms with E-state index in [2.05, 4.69) is 6.92 Å². The minimum atomic E-state index is -0.0445. The smallest absolute Gasteiger partial charge is 0.0540 e. The Morgan fingerprint density at radius 1 is 0.789 bits per heavy atom. The quantitative estimate of drug-likeness (QED) is 0.371. The van der Waals surface area contributed by atoms with Crippen molar-refractivity contribution in [2.24, 2.45) is 0 Å². The van der Waals surface area contributed by atoms with Gasteiger partial charge in [0.15, 0.2) is 0 Å². The van der Waals surface area contributed by atoms with Gasteiger partial charge in [0.1, 0.15) is 0 Å². The number of hydrogen-bond donors (Lipinski definition) is 1. The summed E-state index contributed by atoms with van der Waals surface area (Å²) >= 11 is 0. The fourth-order valence-corrected chi connectivity index (χ4v) is 2.48. The van der Waals surface area contributed by atoms with Gasteiger partial charge in [-0.3, -0.25) is 0 Å². The van der Waals surface area contributed by atoms with Crippen LogP contribution < -0.4 is 0 Å². The molecule has 0 heterocycles. The summed E-state index contributed by atoms with van der Waals surface area (Å²) in [4.78, 5) is 0. The molecule has 1 N–H and O–H groups in total. The molecule has 19 heavy (non-hydrogen) atoms. The fraction of sp³-hybridized carbons (Fsp3) is 0.889. The van der Waals surface area contributed by atoms with E-state index in [4.69, 9.17) is 6.58 Å². The van der Waals surface area contributed by atoms with Gasteiger partial charge in [0.2, 0.25) is 0 Å². The van der Waals surface area contributed by atoms with Crippen LogP contribution in [-0.2, 0) is 0 Å². The van der Waals surface area contributed by atoms with Crippen molar-refractivity contribution >= 4 is 0 Å². The van der Waals surface area contributed by atoms with Crippen LogP contribution in [0.15, 0.2) is 6.08 Å². The second-order valence-electron chi connectivity index (χ2n) is 5.79. The Kier molecular flexibility index (Phi) is 15.5. The van der Waals surface area contributed by atoms with Gasteiger partial charge in [-0.15, -0.1) is 0 Å². The molecule has 0 saturated heterocycles. The molecule has 0 rings (SSSR count). The summed E-state index contributed by atoms with van der Waals surface area (Å²) in [5.41, 5.74) is 0. The first kappa shape index (κ1) is 18.7. The van der Waals surface area contributed by atoms with E-state index in [-0.39, 0.29) is 6.10 Å². The Morgan fingerprint density at radius 2 is 1.26 bits per heavy atom. The Labute approximate surface area is 121 Å². The highest BCUT2D eigenvalue weighted by atomic mass is 16.3. The summed E-state index contributed by atoms with van der Waals surface area (Å²) in [6, 6.07) is 0. The summed E-state index contributed by atoms with van der Waals surface area (Å²) < 4.78 is 0. The van der Waals surface area contributed by atoms with E-state index in [0.29, 0.717) is 0 Å². The fourth-order valence-electron chi connectivity index (χ4n) is 2.48. The first-order valence-electron chi connectivity index (χ1n) is 8.52. The van der Waals surface area contributed by atoms with Crippen molar-refractivity contribution in [2.75, 3.05) is 0 Å². The first-order valence-corrected chi connectivity index (χ1v) is 8.52. The van der Waals surface area contributed by atoms with E-state index < -0.39 is 0 Å². The van der Waals surface area contributed by atoms with Gasteiger partial charge in [-0.25, -0.2) is 0 Å². The van der Waals surface area contributed by atoms with Crippen molar-refractivity contribution in [3.63, 3.8) is 0 Å².